The van der Waals surface area contributed by atoms with E-state index < -0.39 is 0 Å². The van der Waals surface area contributed by atoms with Crippen LogP contribution in [0.2, 0.25) is 0 Å². The summed E-state index contributed by atoms with van der Waals surface area (Å²) in [5, 5.41) is 2.33. The fraction of sp³-hybridized carbons (Fsp3) is 0.739. The van der Waals surface area contributed by atoms with Crippen molar-refractivity contribution in [3.05, 3.63) is 34.0 Å². The molecular weight excluding hydrogens is 400 g/mol. The van der Waals surface area contributed by atoms with Gasteiger partial charge >= 0.3 is 0 Å². The number of ether oxygens (including phenoxy) is 2. The highest BCUT2D eigenvalue weighted by atomic mass is 16.6. The summed E-state index contributed by atoms with van der Waals surface area (Å²) in [5.74, 6) is 0. The van der Waals surface area contributed by atoms with E-state index in [1.165, 1.54) is 6.26 Å². The number of aromatic amines is 1. The molecule has 31 heavy (non-hydrogen) atoms. The summed E-state index contributed by atoms with van der Waals surface area (Å²) in [6.07, 6.45) is 8.69. The van der Waals surface area contributed by atoms with Crippen molar-refractivity contribution in [2.75, 3.05) is 26.4 Å². The van der Waals surface area contributed by atoms with Gasteiger partial charge in [0.15, 0.2) is 0 Å². The molecule has 1 aromatic heterocycles. The Hall–Kier alpha value is -2.06. The molecule has 2 N–H and O–H groups in total. The standard InChI is InChI=1S/C23H40N2O6/c1-6-19(16-30-24-18-26)14-22(2,3)8-12-28-10-7-11-29-13-9-23(4,5)15-20-17-31-25-21(20)27/h16-18H,6-15H2,1-5H3,(H,24,26)(H,25,27)/b19-16+. The van der Waals surface area contributed by atoms with Crippen LogP contribution >= 0.6 is 0 Å². The molecule has 1 amide bonds. The maximum atomic E-state index is 11.6. The molecule has 0 aromatic carbocycles. The van der Waals surface area contributed by atoms with Gasteiger partial charge in [-0.1, -0.05) is 34.6 Å². The lowest BCUT2D eigenvalue weighted by atomic mass is 9.82. The molecule has 8 nitrogen and oxygen atoms in total. The zero-order valence-corrected chi connectivity index (χ0v) is 19.8. The number of carbonyl (C=O) groups is 1. The van der Waals surface area contributed by atoms with Crippen LogP contribution in [0.25, 0.3) is 0 Å². The van der Waals surface area contributed by atoms with Crippen molar-refractivity contribution in [1.29, 1.82) is 0 Å². The number of hydrogen-bond acceptors (Lipinski definition) is 6. The number of hydrogen-bond donors (Lipinski definition) is 2. The van der Waals surface area contributed by atoms with Crippen molar-refractivity contribution in [1.82, 2.24) is 10.6 Å². The highest BCUT2D eigenvalue weighted by Crippen LogP contribution is 2.30. The smallest absolute Gasteiger partial charge is 0.283 e. The fourth-order valence-corrected chi connectivity index (χ4v) is 3.26. The van der Waals surface area contributed by atoms with Crippen LogP contribution in [0.4, 0.5) is 0 Å². The Bertz CT molecular complexity index is 705. The molecule has 0 bridgehead atoms. The van der Waals surface area contributed by atoms with Gasteiger partial charge in [0.25, 0.3) is 5.56 Å². The van der Waals surface area contributed by atoms with E-state index >= 15 is 0 Å². The van der Waals surface area contributed by atoms with Crippen LogP contribution in [0.1, 0.15) is 72.3 Å². The van der Waals surface area contributed by atoms with Crippen LogP contribution in [-0.4, -0.2) is 38.0 Å². The number of H-pyrrole nitrogens is 1. The van der Waals surface area contributed by atoms with Crippen molar-refractivity contribution in [3.8, 4) is 0 Å². The maximum Gasteiger partial charge on any atom is 0.283 e. The van der Waals surface area contributed by atoms with Crippen LogP contribution in [-0.2, 0) is 25.5 Å². The minimum atomic E-state index is -0.153. The monoisotopic (exact) mass is 440 g/mol. The van der Waals surface area contributed by atoms with Gasteiger partial charge in [0.05, 0.1) is 5.56 Å². The molecule has 0 aliphatic carbocycles. The van der Waals surface area contributed by atoms with Gasteiger partial charge in [-0.15, -0.1) is 0 Å². The van der Waals surface area contributed by atoms with Crippen LogP contribution in [0.15, 0.2) is 27.4 Å². The van der Waals surface area contributed by atoms with E-state index in [4.69, 9.17) is 18.8 Å². The fourth-order valence-electron chi connectivity index (χ4n) is 3.26. The molecule has 0 saturated heterocycles. The Morgan fingerprint density at radius 3 is 2.29 bits per heavy atom. The number of nitrogens with one attached hydrogen (secondary N) is 2. The van der Waals surface area contributed by atoms with Gasteiger partial charge in [-0.25, -0.2) is 0 Å². The Kier molecular flexibility index (Phi) is 12.3. The quantitative estimate of drug-likeness (QED) is 0.154. The molecule has 0 spiro atoms. The first-order valence-corrected chi connectivity index (χ1v) is 11.0. The molecule has 0 fully saturated rings. The van der Waals surface area contributed by atoms with E-state index in [0.717, 1.165) is 37.7 Å². The van der Waals surface area contributed by atoms with E-state index in [9.17, 15) is 9.59 Å². The number of amides is 1. The molecule has 178 valence electrons. The Morgan fingerprint density at radius 2 is 1.74 bits per heavy atom. The molecule has 0 saturated carbocycles. The van der Waals surface area contributed by atoms with Crippen molar-refractivity contribution in [2.24, 2.45) is 10.8 Å². The summed E-state index contributed by atoms with van der Waals surface area (Å²) in [6, 6.07) is 0. The molecule has 0 aliphatic heterocycles. The summed E-state index contributed by atoms with van der Waals surface area (Å²) in [7, 11) is 0. The van der Waals surface area contributed by atoms with Crippen molar-refractivity contribution in [2.45, 2.75) is 73.1 Å². The third-order valence-electron chi connectivity index (χ3n) is 5.24. The van der Waals surface area contributed by atoms with Gasteiger partial charge in [-0.05, 0) is 54.9 Å². The lowest BCUT2D eigenvalue weighted by molar-refractivity contribution is -0.117. The first-order chi connectivity index (χ1) is 14.7. The second-order valence-electron chi connectivity index (χ2n) is 9.44. The molecule has 0 radical (unpaired) electrons. The van der Waals surface area contributed by atoms with Gasteiger partial charge in [0, 0.05) is 26.4 Å². The predicted molar refractivity (Wildman–Crippen MR) is 119 cm³/mol. The summed E-state index contributed by atoms with van der Waals surface area (Å²) in [5.41, 5.74) is 3.92. The van der Waals surface area contributed by atoms with E-state index in [0.29, 0.717) is 44.8 Å². The summed E-state index contributed by atoms with van der Waals surface area (Å²) in [4.78, 5) is 26.8. The molecule has 0 unspecified atom stereocenters. The largest absolute Gasteiger partial charge is 0.388 e. The van der Waals surface area contributed by atoms with Gasteiger partial charge in [0.1, 0.15) is 12.5 Å². The first-order valence-electron chi connectivity index (χ1n) is 11.0. The van der Waals surface area contributed by atoms with Crippen LogP contribution in [0.3, 0.4) is 0 Å². The number of allylic oxidation sites excluding steroid dienone is 1. The highest BCUT2D eigenvalue weighted by Gasteiger charge is 2.21. The minimum absolute atomic E-state index is 0.0287. The second-order valence-corrected chi connectivity index (χ2v) is 9.44. The van der Waals surface area contributed by atoms with E-state index in [-0.39, 0.29) is 16.4 Å². The lowest BCUT2D eigenvalue weighted by Crippen LogP contribution is -2.21. The van der Waals surface area contributed by atoms with Crippen LogP contribution in [0, 0.1) is 10.8 Å². The topological polar surface area (TPSA) is 103 Å². The SMILES string of the molecule is CC/C(=C\ONC=O)CC(C)(C)CCOCCCOCCC(C)(C)Cc1co[nH]c1=O. The average molecular weight is 441 g/mol. The van der Waals surface area contributed by atoms with Crippen molar-refractivity contribution < 1.29 is 23.6 Å². The van der Waals surface area contributed by atoms with Crippen LogP contribution < -0.4 is 11.0 Å². The van der Waals surface area contributed by atoms with Gasteiger partial charge < -0.3 is 18.8 Å². The van der Waals surface area contributed by atoms with E-state index in [1.54, 1.807) is 6.26 Å². The van der Waals surface area contributed by atoms with Crippen LogP contribution in [0.5, 0.6) is 0 Å². The highest BCUT2D eigenvalue weighted by molar-refractivity contribution is 5.43. The van der Waals surface area contributed by atoms with Gasteiger partial charge in [-0.3, -0.25) is 9.59 Å². The molecule has 0 aliphatic rings. The average Bonchev–Trinajstić information content (AvgIpc) is 3.09. The van der Waals surface area contributed by atoms with E-state index in [2.05, 4.69) is 45.3 Å². The molecule has 1 heterocycles. The molecule has 1 rings (SSSR count). The number of carbonyl (C=O) groups excluding carboxylic acids is 1. The Morgan fingerprint density at radius 1 is 1.10 bits per heavy atom. The normalized spacial score (nSPS) is 12.7. The molecule has 1 aromatic rings. The van der Waals surface area contributed by atoms with E-state index in [1.807, 2.05) is 0 Å². The Labute approximate surface area is 185 Å². The third kappa shape index (κ3) is 12.4. The second kappa shape index (κ2) is 14.1. The zero-order chi connectivity index (χ0) is 23.2. The number of rotatable bonds is 18. The number of hydroxylamine groups is 1. The zero-order valence-electron chi connectivity index (χ0n) is 19.8. The molecule has 0 atom stereocenters. The Balaban J connectivity index is 2.11. The molecular formula is C23H40N2O6. The number of aromatic nitrogens is 1. The van der Waals surface area contributed by atoms with Gasteiger partial charge in [-0.2, -0.15) is 10.6 Å². The summed E-state index contributed by atoms with van der Waals surface area (Å²) >= 11 is 0. The maximum absolute atomic E-state index is 11.6. The van der Waals surface area contributed by atoms with Gasteiger partial charge in [0.2, 0.25) is 6.41 Å². The minimum Gasteiger partial charge on any atom is -0.388 e. The first kappa shape index (κ1) is 27.0. The summed E-state index contributed by atoms with van der Waals surface area (Å²) < 4.78 is 16.4. The van der Waals surface area contributed by atoms with Crippen molar-refractivity contribution >= 4 is 6.41 Å². The predicted octanol–water partition coefficient (Wildman–Crippen LogP) is 4.13. The lowest BCUT2D eigenvalue weighted by Gasteiger charge is -2.25. The third-order valence-corrected chi connectivity index (χ3v) is 5.24. The van der Waals surface area contributed by atoms with Crippen molar-refractivity contribution in [3.63, 3.8) is 0 Å². The summed E-state index contributed by atoms with van der Waals surface area (Å²) in [6.45, 7) is 13.4. The molecule has 8 heteroatoms.